The van der Waals surface area contributed by atoms with E-state index in [2.05, 4.69) is 39.5 Å². The van der Waals surface area contributed by atoms with E-state index in [1.54, 1.807) is 0 Å². The van der Waals surface area contributed by atoms with Crippen molar-refractivity contribution in [1.29, 1.82) is 0 Å². The molecule has 17 heavy (non-hydrogen) atoms. The summed E-state index contributed by atoms with van der Waals surface area (Å²) in [6, 6.07) is 0. The van der Waals surface area contributed by atoms with Gasteiger partial charge in [0, 0.05) is 6.42 Å². The van der Waals surface area contributed by atoms with E-state index in [0.29, 0.717) is 18.3 Å². The average molecular weight is 409 g/mol. The third kappa shape index (κ3) is 8.10. The zero-order valence-electron chi connectivity index (χ0n) is 11.8. The van der Waals surface area contributed by atoms with Gasteiger partial charge in [-0.15, -0.1) is 13.0 Å². The van der Waals surface area contributed by atoms with E-state index in [1.807, 2.05) is 6.92 Å². The maximum absolute atomic E-state index is 10.1. The predicted octanol–water partition coefficient (Wildman–Crippen LogP) is 2.99. The molecule has 0 amide bonds. The number of nitrogens with zero attached hydrogens (tertiary/aromatic N) is 1. The van der Waals surface area contributed by atoms with Gasteiger partial charge in [-0.25, -0.2) is 0 Å². The number of carbonyl (C=O) groups is 1. The maximum Gasteiger partial charge on any atom is 2.00 e. The van der Waals surface area contributed by atoms with Gasteiger partial charge in [0.1, 0.15) is 5.78 Å². The second kappa shape index (κ2) is 9.28. The molecule has 1 rings (SSSR count). The Morgan fingerprint density at radius 3 is 1.94 bits per heavy atom. The van der Waals surface area contributed by atoms with Gasteiger partial charge in [-0.05, 0) is 24.4 Å². The van der Waals surface area contributed by atoms with Crippen molar-refractivity contribution in [3.8, 4) is 0 Å². The minimum absolute atomic E-state index is 0. The number of Topliss-reactive ketones (excluding diaryl/α,β-unsaturated/α-hetero) is 1. The molecule has 0 aliphatic carbocycles. The summed E-state index contributed by atoms with van der Waals surface area (Å²) < 4.78 is 0. The van der Waals surface area contributed by atoms with Crippen LogP contribution < -0.4 is 0 Å². The summed E-state index contributed by atoms with van der Waals surface area (Å²) in [6.07, 6.45) is 1.07. The van der Waals surface area contributed by atoms with E-state index >= 15 is 0 Å². The molecule has 1 aliphatic heterocycles. The fraction of sp³-hybridized carbons (Fsp3) is 0.786. The summed E-state index contributed by atoms with van der Waals surface area (Å²) in [6.45, 7) is 19.5. The van der Waals surface area contributed by atoms with Crippen molar-refractivity contribution in [3.05, 3.63) is 13.8 Å². The van der Waals surface area contributed by atoms with Crippen LogP contribution in [0.1, 0.15) is 40.5 Å². The largest absolute Gasteiger partial charge is 2.00 e. The van der Waals surface area contributed by atoms with Gasteiger partial charge in [0.2, 0.25) is 0 Å². The third-order valence-electron chi connectivity index (χ3n) is 3.17. The Bertz CT molecular complexity index is 199. The summed E-state index contributed by atoms with van der Waals surface area (Å²) in [5.41, 5.74) is 0.506. The minimum Gasteiger partial charge on any atom is -0.336 e. The summed E-state index contributed by atoms with van der Waals surface area (Å²) in [5.74, 6) is 1.13. The van der Waals surface area contributed by atoms with Gasteiger partial charge in [0.25, 0.3) is 0 Å². The Labute approximate surface area is 122 Å². The molecule has 2 nitrogen and oxygen atoms in total. The molecule has 1 aliphatic rings. The first kappa shape index (κ1) is 19.7. The Balaban J connectivity index is 0. The molecule has 0 atom stereocenters. The molecule has 0 aromatic carbocycles. The number of rotatable bonds is 3. The van der Waals surface area contributed by atoms with Crippen LogP contribution in [0.4, 0.5) is 0 Å². The van der Waals surface area contributed by atoms with Crippen LogP contribution in [0, 0.1) is 25.2 Å². The standard InChI is InChI=1S/C9H18N.C5H9O.W/c1-5-10-6-8(7-10)9(2,3)4;1-3-5(6)4-2;/h8H,1,5-7H2,2-4H3;1,3-4H2,2H3;/q2*-1;+2. The van der Waals surface area contributed by atoms with Crippen molar-refractivity contribution in [2.24, 2.45) is 11.3 Å². The van der Waals surface area contributed by atoms with Crippen LogP contribution in [0.25, 0.3) is 0 Å². The molecule has 1 saturated heterocycles. The smallest absolute Gasteiger partial charge is 0.336 e. The molecule has 0 N–H and O–H groups in total. The number of hydrogen-bond acceptors (Lipinski definition) is 2. The van der Waals surface area contributed by atoms with Crippen LogP contribution in [0.5, 0.6) is 0 Å². The number of carbonyl (C=O) groups excluding carboxylic acids is 1. The Kier molecular flexibility index (Phi) is 10.7. The molecule has 0 spiro atoms. The van der Waals surface area contributed by atoms with E-state index in [4.69, 9.17) is 0 Å². The monoisotopic (exact) mass is 409 g/mol. The molecule has 0 bridgehead atoms. The summed E-state index contributed by atoms with van der Waals surface area (Å²) in [7, 11) is 0. The Hall–Kier alpha value is 0.318. The van der Waals surface area contributed by atoms with E-state index in [-0.39, 0.29) is 26.8 Å². The zero-order valence-corrected chi connectivity index (χ0v) is 14.7. The summed E-state index contributed by atoms with van der Waals surface area (Å²) >= 11 is 0. The molecule has 3 heteroatoms. The van der Waals surface area contributed by atoms with E-state index in [0.717, 1.165) is 12.5 Å². The number of ketones is 1. The van der Waals surface area contributed by atoms with Crippen LogP contribution in [0.15, 0.2) is 0 Å². The summed E-state index contributed by atoms with van der Waals surface area (Å²) in [4.78, 5) is 12.5. The first-order valence-corrected chi connectivity index (χ1v) is 6.17. The van der Waals surface area contributed by atoms with E-state index in [9.17, 15) is 4.79 Å². The quantitative estimate of drug-likeness (QED) is 0.669. The van der Waals surface area contributed by atoms with Crippen LogP contribution in [-0.2, 0) is 25.9 Å². The molecule has 1 heterocycles. The van der Waals surface area contributed by atoms with Gasteiger partial charge >= 0.3 is 21.1 Å². The molecular weight excluding hydrogens is 382 g/mol. The number of hydrogen-bond donors (Lipinski definition) is 0. The molecule has 1 fully saturated rings. The third-order valence-corrected chi connectivity index (χ3v) is 3.17. The molecule has 0 unspecified atom stereocenters. The van der Waals surface area contributed by atoms with Gasteiger partial charge in [0.15, 0.2) is 0 Å². The predicted molar refractivity (Wildman–Crippen MR) is 70.0 cm³/mol. The van der Waals surface area contributed by atoms with E-state index in [1.165, 1.54) is 13.1 Å². The first-order valence-electron chi connectivity index (χ1n) is 6.17. The average Bonchev–Trinajstić information content (AvgIpc) is 2.14. The van der Waals surface area contributed by atoms with Crippen molar-refractivity contribution in [3.63, 3.8) is 0 Å². The van der Waals surface area contributed by atoms with Crippen LogP contribution in [0.2, 0.25) is 0 Å². The Morgan fingerprint density at radius 1 is 1.29 bits per heavy atom. The second-order valence-electron chi connectivity index (χ2n) is 5.46. The molecule has 0 aromatic heterocycles. The van der Waals surface area contributed by atoms with Crippen molar-refractivity contribution < 1.29 is 25.9 Å². The first-order chi connectivity index (χ1) is 7.35. The number of likely N-dealkylation sites (tertiary alicyclic amines) is 1. The zero-order chi connectivity index (χ0) is 12.8. The molecule has 0 radical (unpaired) electrons. The van der Waals surface area contributed by atoms with Gasteiger partial charge in [-0.3, -0.25) is 0 Å². The van der Waals surface area contributed by atoms with E-state index < -0.39 is 0 Å². The van der Waals surface area contributed by atoms with Crippen molar-refractivity contribution in [1.82, 2.24) is 4.90 Å². The minimum atomic E-state index is 0. The fourth-order valence-corrected chi connectivity index (χ4v) is 1.48. The van der Waals surface area contributed by atoms with Gasteiger partial charge in [0.05, 0.1) is 0 Å². The van der Waals surface area contributed by atoms with Gasteiger partial charge in [-0.2, -0.15) is 0 Å². The van der Waals surface area contributed by atoms with Gasteiger partial charge in [-0.1, -0.05) is 27.7 Å². The Morgan fingerprint density at radius 2 is 1.76 bits per heavy atom. The SMILES string of the molecule is [CH2-]CC(=O)CC.[CH2-]CN1CC(C(C)(C)C)C1.[W+2]. The second-order valence-corrected chi connectivity index (χ2v) is 5.46. The summed E-state index contributed by atoms with van der Waals surface area (Å²) in [5, 5.41) is 0. The molecule has 0 aromatic rings. The van der Waals surface area contributed by atoms with Crippen molar-refractivity contribution >= 4 is 5.78 Å². The normalized spacial score (nSPS) is 16.4. The molecule has 100 valence electrons. The molecular formula is C14H27NOW. The van der Waals surface area contributed by atoms with Crippen molar-refractivity contribution in [2.45, 2.75) is 40.5 Å². The van der Waals surface area contributed by atoms with Crippen LogP contribution in [0.3, 0.4) is 0 Å². The molecule has 0 saturated carbocycles. The fourth-order valence-electron chi connectivity index (χ4n) is 1.48. The van der Waals surface area contributed by atoms with Crippen molar-refractivity contribution in [2.75, 3.05) is 19.6 Å². The van der Waals surface area contributed by atoms with Crippen LogP contribution in [-0.4, -0.2) is 30.3 Å². The maximum atomic E-state index is 10.1. The topological polar surface area (TPSA) is 20.3 Å². The van der Waals surface area contributed by atoms with Crippen LogP contribution >= 0.6 is 0 Å². The van der Waals surface area contributed by atoms with Gasteiger partial charge < -0.3 is 23.5 Å².